The quantitative estimate of drug-likeness (QED) is 0.355. The van der Waals surface area contributed by atoms with Crippen molar-refractivity contribution in [1.29, 1.82) is 0 Å². The summed E-state index contributed by atoms with van der Waals surface area (Å²) < 4.78 is 0. The molecule has 0 bridgehead atoms. The van der Waals surface area contributed by atoms with Crippen molar-refractivity contribution in [3.05, 3.63) is 83.9 Å². The van der Waals surface area contributed by atoms with Crippen LogP contribution in [0.25, 0.3) is 0 Å². The highest BCUT2D eigenvalue weighted by Gasteiger charge is 2.36. The van der Waals surface area contributed by atoms with E-state index < -0.39 is 0 Å². The van der Waals surface area contributed by atoms with E-state index in [2.05, 4.69) is 107 Å². The Balaban J connectivity index is 1.52. The fourth-order valence-electron chi connectivity index (χ4n) is 5.52. The fraction of sp³-hybridized carbons (Fsp3) is 0.562. The third kappa shape index (κ3) is 6.90. The maximum atomic E-state index is 4.42. The van der Waals surface area contributed by atoms with E-state index >= 15 is 0 Å². The minimum atomic E-state index is 0.283. The summed E-state index contributed by atoms with van der Waals surface area (Å²) in [5, 5.41) is 7.00. The van der Waals surface area contributed by atoms with E-state index in [0.29, 0.717) is 23.2 Å². The Kier molecular flexibility index (Phi) is 8.90. The van der Waals surface area contributed by atoms with Crippen molar-refractivity contribution >= 4 is 0 Å². The van der Waals surface area contributed by atoms with Crippen molar-refractivity contribution in [3.8, 4) is 0 Å². The van der Waals surface area contributed by atoms with Crippen LogP contribution in [-0.2, 0) is 0 Å². The van der Waals surface area contributed by atoms with Crippen molar-refractivity contribution in [2.75, 3.05) is 6.54 Å². The van der Waals surface area contributed by atoms with E-state index in [1.54, 1.807) is 0 Å². The zero-order valence-corrected chi connectivity index (χ0v) is 22.6. The summed E-state index contributed by atoms with van der Waals surface area (Å²) in [5.74, 6) is 1.80. The van der Waals surface area contributed by atoms with Gasteiger partial charge in [0.15, 0.2) is 0 Å². The minimum absolute atomic E-state index is 0.283. The molecule has 3 aliphatic carbocycles. The van der Waals surface area contributed by atoms with E-state index in [9.17, 15) is 0 Å². The highest BCUT2D eigenvalue weighted by Crippen LogP contribution is 2.47. The number of rotatable bonds is 8. The highest BCUT2D eigenvalue weighted by atomic mass is 14.9. The van der Waals surface area contributed by atoms with Gasteiger partial charge in [0.25, 0.3) is 0 Å². The third-order valence-corrected chi connectivity index (χ3v) is 8.21. The van der Waals surface area contributed by atoms with Gasteiger partial charge in [0.2, 0.25) is 0 Å². The van der Waals surface area contributed by atoms with Gasteiger partial charge in [-0.2, -0.15) is 0 Å². The van der Waals surface area contributed by atoms with Crippen LogP contribution in [0.5, 0.6) is 0 Å². The summed E-state index contributed by atoms with van der Waals surface area (Å²) in [4.78, 5) is 0. The molecule has 2 heteroatoms. The molecule has 3 rings (SSSR count). The number of nitrogens with one attached hydrogen (secondary N) is 2. The van der Waals surface area contributed by atoms with E-state index in [0.717, 1.165) is 32.2 Å². The molecule has 0 aromatic carbocycles. The predicted molar refractivity (Wildman–Crippen MR) is 149 cm³/mol. The molecule has 0 aromatic heterocycles. The summed E-state index contributed by atoms with van der Waals surface area (Å²) in [7, 11) is 0. The van der Waals surface area contributed by atoms with Gasteiger partial charge < -0.3 is 10.6 Å². The largest absolute Gasteiger partial charge is 0.381 e. The van der Waals surface area contributed by atoms with Crippen LogP contribution in [0.3, 0.4) is 0 Å². The standard InChI is InChI=1S/C32H48N2/c1-24-18-19-32(6,7)29(25(24)2)15-11-20-33-21-12-22-34-30-17-16-27(31(3,4)5)23-28(30)26-13-9-8-10-14-26/h8-9,11-13,16-17,20-21,24,27,29,33-34H,2,10,14-15,18-19,22-23H2,1,3-7H3/b20-11+,21-12+. The molecule has 34 heavy (non-hydrogen) atoms. The number of hydrogen-bond acceptors (Lipinski definition) is 2. The van der Waals surface area contributed by atoms with E-state index in [-0.39, 0.29) is 5.41 Å². The number of hydrogen-bond donors (Lipinski definition) is 2. The van der Waals surface area contributed by atoms with E-state index in [1.165, 1.54) is 35.3 Å². The molecule has 0 heterocycles. The summed E-state index contributed by atoms with van der Waals surface area (Å²) in [6.45, 7) is 19.4. The van der Waals surface area contributed by atoms with Gasteiger partial charge in [0.1, 0.15) is 0 Å². The average molecular weight is 461 g/mol. The smallest absolute Gasteiger partial charge is 0.0375 e. The lowest BCUT2D eigenvalue weighted by Gasteiger charge is -2.43. The summed E-state index contributed by atoms with van der Waals surface area (Å²) in [6, 6.07) is 0. The Morgan fingerprint density at radius 1 is 1.18 bits per heavy atom. The molecule has 0 saturated heterocycles. The molecule has 0 radical (unpaired) electrons. The first kappa shape index (κ1) is 26.4. The van der Waals surface area contributed by atoms with Crippen molar-refractivity contribution in [2.45, 2.75) is 80.1 Å². The van der Waals surface area contributed by atoms with Crippen LogP contribution in [0.15, 0.2) is 83.9 Å². The Labute approximate surface area is 209 Å². The Morgan fingerprint density at radius 3 is 2.65 bits per heavy atom. The zero-order chi connectivity index (χ0) is 24.8. The van der Waals surface area contributed by atoms with Crippen LogP contribution < -0.4 is 10.6 Å². The van der Waals surface area contributed by atoms with Gasteiger partial charge in [-0.3, -0.25) is 0 Å². The molecule has 0 aromatic rings. The first-order valence-electron chi connectivity index (χ1n) is 13.4. The van der Waals surface area contributed by atoms with E-state index in [4.69, 9.17) is 0 Å². The van der Waals surface area contributed by atoms with Crippen molar-refractivity contribution in [2.24, 2.45) is 28.6 Å². The Morgan fingerprint density at radius 2 is 1.94 bits per heavy atom. The normalized spacial score (nSPS) is 27.5. The molecule has 2 N–H and O–H groups in total. The van der Waals surface area contributed by atoms with Crippen LogP contribution in [0.2, 0.25) is 0 Å². The molecule has 3 aliphatic rings. The second kappa shape index (κ2) is 11.5. The molecular formula is C32H48N2. The van der Waals surface area contributed by atoms with Crippen molar-refractivity contribution in [3.63, 3.8) is 0 Å². The summed E-state index contributed by atoms with van der Waals surface area (Å²) in [6.07, 6.45) is 27.1. The zero-order valence-electron chi connectivity index (χ0n) is 22.6. The molecule has 3 atom stereocenters. The van der Waals surface area contributed by atoms with Gasteiger partial charge in [0.05, 0.1) is 0 Å². The summed E-state index contributed by atoms with van der Waals surface area (Å²) >= 11 is 0. The van der Waals surface area contributed by atoms with Crippen LogP contribution in [-0.4, -0.2) is 6.54 Å². The highest BCUT2D eigenvalue weighted by molar-refractivity contribution is 5.45. The second-order valence-electron chi connectivity index (χ2n) is 12.2. The molecule has 1 fully saturated rings. The first-order chi connectivity index (χ1) is 16.1. The molecule has 1 saturated carbocycles. The van der Waals surface area contributed by atoms with Gasteiger partial charge >= 0.3 is 0 Å². The average Bonchev–Trinajstić information content (AvgIpc) is 2.80. The van der Waals surface area contributed by atoms with Crippen LogP contribution in [0, 0.1) is 28.6 Å². The Hall–Kier alpha value is -2.22. The lowest BCUT2D eigenvalue weighted by Crippen LogP contribution is -2.32. The second-order valence-corrected chi connectivity index (χ2v) is 12.2. The molecule has 0 spiro atoms. The molecule has 3 unspecified atom stereocenters. The molecule has 0 amide bonds. The van der Waals surface area contributed by atoms with Crippen LogP contribution in [0.4, 0.5) is 0 Å². The molecular weight excluding hydrogens is 412 g/mol. The maximum Gasteiger partial charge on any atom is 0.0375 e. The first-order valence-corrected chi connectivity index (χ1v) is 13.4. The molecule has 2 nitrogen and oxygen atoms in total. The maximum absolute atomic E-state index is 4.42. The van der Waals surface area contributed by atoms with Crippen LogP contribution >= 0.6 is 0 Å². The van der Waals surface area contributed by atoms with Crippen molar-refractivity contribution in [1.82, 2.24) is 10.6 Å². The fourth-order valence-corrected chi connectivity index (χ4v) is 5.52. The predicted octanol–water partition coefficient (Wildman–Crippen LogP) is 8.36. The topological polar surface area (TPSA) is 24.1 Å². The van der Waals surface area contributed by atoms with Crippen molar-refractivity contribution < 1.29 is 0 Å². The number of allylic oxidation sites excluding steroid dienone is 9. The van der Waals surface area contributed by atoms with Gasteiger partial charge in [-0.1, -0.05) is 84.1 Å². The SMILES string of the molecule is C=C1C(C)CCC(C)(C)C1C/C=C/N/C=C/CNC1=C(C2=CC=CCC2)CC(C(C)(C)C)C=C1. The molecule has 0 aliphatic heterocycles. The third-order valence-electron chi connectivity index (χ3n) is 8.21. The lowest BCUT2D eigenvalue weighted by atomic mass is 9.62. The summed E-state index contributed by atoms with van der Waals surface area (Å²) in [5.41, 5.74) is 6.35. The minimum Gasteiger partial charge on any atom is -0.381 e. The lowest BCUT2D eigenvalue weighted by molar-refractivity contribution is 0.166. The Bertz CT molecular complexity index is 898. The van der Waals surface area contributed by atoms with Gasteiger partial charge in [0, 0.05) is 12.2 Å². The monoisotopic (exact) mass is 460 g/mol. The van der Waals surface area contributed by atoms with Gasteiger partial charge in [-0.25, -0.2) is 0 Å². The van der Waals surface area contributed by atoms with Gasteiger partial charge in [-0.15, -0.1) is 0 Å². The molecule has 186 valence electrons. The van der Waals surface area contributed by atoms with E-state index in [1.807, 2.05) is 6.20 Å². The van der Waals surface area contributed by atoms with Crippen LogP contribution in [0.1, 0.15) is 80.1 Å². The van der Waals surface area contributed by atoms with Gasteiger partial charge in [-0.05, 0) is 103 Å².